The van der Waals surface area contributed by atoms with Crippen molar-refractivity contribution in [3.05, 3.63) is 62.9 Å². The van der Waals surface area contributed by atoms with Gasteiger partial charge in [0.1, 0.15) is 5.75 Å². The summed E-state index contributed by atoms with van der Waals surface area (Å²) in [4.78, 5) is 18.5. The molecule has 0 spiro atoms. The molecule has 1 fully saturated rings. The number of nitrogens with zero attached hydrogens (tertiary/aromatic N) is 2. The van der Waals surface area contributed by atoms with Crippen LogP contribution in [0.25, 0.3) is 17.7 Å². The van der Waals surface area contributed by atoms with Crippen molar-refractivity contribution >= 4 is 39.7 Å². The van der Waals surface area contributed by atoms with Crippen molar-refractivity contribution in [1.29, 1.82) is 0 Å². The molecule has 5 nitrogen and oxygen atoms in total. The first-order valence-electron chi connectivity index (χ1n) is 10.8. The summed E-state index contributed by atoms with van der Waals surface area (Å²) in [6, 6.07) is 7.50. The minimum atomic E-state index is -0.248. The number of benzene rings is 1. The number of phenolic OH excluding ortho intramolecular Hbond substituents is 1. The summed E-state index contributed by atoms with van der Waals surface area (Å²) in [6.07, 6.45) is 8.40. The second-order valence-electron chi connectivity index (χ2n) is 7.57. The number of hydrogen-bond acceptors (Lipinski definition) is 4. The van der Waals surface area contributed by atoms with Crippen LogP contribution >= 0.6 is 15.9 Å². The Morgan fingerprint density at radius 1 is 1.13 bits per heavy atom. The maximum Gasteiger partial charge on any atom is 0.409 e. The van der Waals surface area contributed by atoms with E-state index in [9.17, 15) is 9.90 Å². The minimum Gasteiger partial charge on any atom is -0.508 e. The van der Waals surface area contributed by atoms with E-state index < -0.39 is 0 Å². The number of carbonyl (C=O) groups excluding carboxylic acids is 1. The van der Waals surface area contributed by atoms with Crippen LogP contribution in [0, 0.1) is 0 Å². The molecule has 2 heterocycles. The monoisotopic (exact) mass is 484 g/mol. The van der Waals surface area contributed by atoms with Crippen molar-refractivity contribution in [2.45, 2.75) is 40.0 Å². The zero-order valence-corrected chi connectivity index (χ0v) is 19.9. The molecular weight excluding hydrogens is 456 g/mol. The number of halogens is 1. The molecule has 0 bridgehead atoms. The minimum absolute atomic E-state index is 0.241. The highest BCUT2D eigenvalue weighted by Crippen LogP contribution is 2.39. The van der Waals surface area contributed by atoms with E-state index in [1.54, 1.807) is 17.0 Å². The average molecular weight is 485 g/mol. The van der Waals surface area contributed by atoms with Gasteiger partial charge in [-0.25, -0.2) is 4.79 Å². The van der Waals surface area contributed by atoms with Gasteiger partial charge in [-0.15, -0.1) is 0 Å². The molecule has 31 heavy (non-hydrogen) atoms. The van der Waals surface area contributed by atoms with E-state index in [-0.39, 0.29) is 11.8 Å². The maximum atomic E-state index is 12.0. The molecule has 1 amide bonds. The largest absolute Gasteiger partial charge is 0.508 e. The number of rotatable bonds is 1. The number of phenols is 1. The zero-order valence-electron chi connectivity index (χ0n) is 18.3. The van der Waals surface area contributed by atoms with Crippen LogP contribution in [0.4, 0.5) is 4.79 Å². The van der Waals surface area contributed by atoms with Crippen molar-refractivity contribution in [1.82, 2.24) is 9.88 Å². The van der Waals surface area contributed by atoms with Crippen LogP contribution in [-0.2, 0) is 4.74 Å². The molecule has 1 aliphatic heterocycles. The van der Waals surface area contributed by atoms with Gasteiger partial charge in [0.15, 0.2) is 0 Å². The van der Waals surface area contributed by atoms with Gasteiger partial charge in [-0.05, 0) is 65.0 Å². The molecule has 6 heteroatoms. The topological polar surface area (TPSA) is 62.7 Å². The molecule has 1 aromatic carbocycles. The van der Waals surface area contributed by atoms with Gasteiger partial charge >= 0.3 is 6.09 Å². The van der Waals surface area contributed by atoms with Crippen molar-refractivity contribution in [3.63, 3.8) is 0 Å². The Bertz CT molecular complexity index is 946. The molecule has 1 saturated heterocycles. The Morgan fingerprint density at radius 2 is 1.81 bits per heavy atom. The second kappa shape index (κ2) is 10.6. The summed E-state index contributed by atoms with van der Waals surface area (Å²) in [5.74, 6) is 0.241. The Morgan fingerprint density at radius 3 is 2.48 bits per heavy atom. The lowest BCUT2D eigenvalue weighted by molar-refractivity contribution is 0.104. The zero-order chi connectivity index (χ0) is 22.4. The number of piperidine rings is 1. The highest BCUT2D eigenvalue weighted by Gasteiger charge is 2.26. The molecule has 1 N–H and O–H groups in total. The summed E-state index contributed by atoms with van der Waals surface area (Å²) in [5, 5.41) is 9.95. The maximum absolute atomic E-state index is 12.0. The molecule has 164 valence electrons. The second-order valence-corrected chi connectivity index (χ2v) is 8.48. The van der Waals surface area contributed by atoms with Gasteiger partial charge in [0.05, 0.1) is 12.3 Å². The highest BCUT2D eigenvalue weighted by atomic mass is 79.9. The molecule has 0 unspecified atom stereocenters. The number of fused-ring (bicyclic) bond motifs is 2. The number of aromatic hydroxyl groups is 1. The van der Waals surface area contributed by atoms with E-state index in [0.717, 1.165) is 45.3 Å². The number of carbonyl (C=O) groups is 1. The molecular formula is C25H29BrN2O3. The summed E-state index contributed by atoms with van der Waals surface area (Å²) < 4.78 is 6.06. The number of hydrogen-bond donors (Lipinski definition) is 1. The Kier molecular flexibility index (Phi) is 7.91. The lowest BCUT2D eigenvalue weighted by Crippen LogP contribution is -2.37. The molecule has 2 aliphatic rings. The van der Waals surface area contributed by atoms with Gasteiger partial charge in [0.25, 0.3) is 0 Å². The van der Waals surface area contributed by atoms with Crippen LogP contribution in [0.15, 0.2) is 40.5 Å². The van der Waals surface area contributed by atoms with E-state index in [1.807, 2.05) is 31.3 Å². The molecule has 0 saturated carbocycles. The summed E-state index contributed by atoms with van der Waals surface area (Å²) in [5.41, 5.74) is 6.36. The van der Waals surface area contributed by atoms with Gasteiger partial charge in [-0.2, -0.15) is 0 Å². The van der Waals surface area contributed by atoms with Crippen molar-refractivity contribution in [2.24, 2.45) is 0 Å². The van der Waals surface area contributed by atoms with Gasteiger partial charge < -0.3 is 14.7 Å². The van der Waals surface area contributed by atoms with E-state index in [0.29, 0.717) is 19.7 Å². The van der Waals surface area contributed by atoms with Crippen LogP contribution in [0.5, 0.6) is 5.75 Å². The third-order valence-corrected chi connectivity index (χ3v) is 5.55. The first-order chi connectivity index (χ1) is 15.0. The first kappa shape index (κ1) is 23.1. The Hall–Kier alpha value is -2.60. The van der Waals surface area contributed by atoms with Crippen LogP contribution in [0.3, 0.4) is 0 Å². The van der Waals surface area contributed by atoms with Crippen LogP contribution in [-0.4, -0.2) is 40.8 Å². The van der Waals surface area contributed by atoms with E-state index in [1.165, 1.54) is 12.0 Å². The fraction of sp³-hybridized carbons (Fsp3) is 0.360. The molecule has 0 atom stereocenters. The molecule has 0 radical (unpaired) electrons. The average Bonchev–Trinajstić information content (AvgIpc) is 2.91. The summed E-state index contributed by atoms with van der Waals surface area (Å²) in [7, 11) is 0. The molecule has 2 aromatic rings. The van der Waals surface area contributed by atoms with Gasteiger partial charge in [0.2, 0.25) is 0 Å². The van der Waals surface area contributed by atoms with Crippen molar-refractivity contribution in [3.8, 4) is 5.75 Å². The SMILES string of the molecule is CCC.CCOC(=O)N1CCC(=C2c3ccc(O)cc3C=Cc3cc(Br)cnc32)CC1. The summed E-state index contributed by atoms with van der Waals surface area (Å²) in [6.45, 7) is 7.72. The summed E-state index contributed by atoms with van der Waals surface area (Å²) >= 11 is 3.51. The molecule has 1 aromatic heterocycles. The van der Waals surface area contributed by atoms with E-state index >= 15 is 0 Å². The lowest BCUT2D eigenvalue weighted by Gasteiger charge is -2.29. The number of amides is 1. The van der Waals surface area contributed by atoms with Crippen molar-refractivity contribution in [2.75, 3.05) is 19.7 Å². The van der Waals surface area contributed by atoms with Crippen LogP contribution in [0.2, 0.25) is 0 Å². The van der Waals surface area contributed by atoms with Crippen LogP contribution in [0.1, 0.15) is 62.4 Å². The molecule has 4 rings (SSSR count). The predicted octanol–water partition coefficient (Wildman–Crippen LogP) is 6.50. The fourth-order valence-electron chi connectivity index (χ4n) is 3.80. The van der Waals surface area contributed by atoms with Gasteiger partial charge in [-0.1, -0.05) is 44.1 Å². The van der Waals surface area contributed by atoms with Crippen molar-refractivity contribution < 1.29 is 14.6 Å². The van der Waals surface area contributed by atoms with E-state index in [4.69, 9.17) is 9.72 Å². The smallest absolute Gasteiger partial charge is 0.409 e. The first-order valence-corrected chi connectivity index (χ1v) is 11.6. The number of aromatic nitrogens is 1. The van der Waals surface area contributed by atoms with Gasteiger partial charge in [-0.3, -0.25) is 4.98 Å². The fourth-order valence-corrected chi connectivity index (χ4v) is 4.14. The Balaban J connectivity index is 0.000000858. The number of pyridine rings is 1. The molecule has 1 aliphatic carbocycles. The number of likely N-dealkylation sites (tertiary alicyclic amines) is 1. The van der Waals surface area contributed by atoms with E-state index in [2.05, 4.69) is 35.8 Å². The quantitative estimate of drug-likeness (QED) is 0.427. The third kappa shape index (κ3) is 5.37. The number of ether oxygens (including phenoxy) is 1. The highest BCUT2D eigenvalue weighted by molar-refractivity contribution is 9.10. The van der Waals surface area contributed by atoms with Gasteiger partial charge in [0, 0.05) is 34.9 Å². The lowest BCUT2D eigenvalue weighted by atomic mass is 9.88. The van der Waals surface area contributed by atoms with Crippen LogP contribution < -0.4 is 0 Å². The standard InChI is InChI=1S/C22H21BrN2O3.C3H8/c1-2-28-22(27)25-9-7-14(8-10-25)20-19-6-5-18(26)12-15(19)3-4-16-11-17(23)13-24-21(16)20;1-3-2/h3-6,11-13,26H,2,7-10H2,1H3;3H2,1-2H3. The third-order valence-electron chi connectivity index (χ3n) is 5.11. The Labute approximate surface area is 192 Å². The predicted molar refractivity (Wildman–Crippen MR) is 129 cm³/mol. The normalized spacial score (nSPS) is 14.8.